The van der Waals surface area contributed by atoms with Gasteiger partial charge >= 0.3 is 0 Å². The molecule has 1 aromatic heterocycles. The third-order valence-electron chi connectivity index (χ3n) is 3.08. The summed E-state index contributed by atoms with van der Waals surface area (Å²) >= 11 is 3.33. The Labute approximate surface area is 127 Å². The van der Waals surface area contributed by atoms with Crippen LogP contribution in [0.2, 0.25) is 0 Å². The molecule has 0 fully saturated rings. The van der Waals surface area contributed by atoms with Crippen molar-refractivity contribution in [2.45, 2.75) is 19.9 Å². The number of hydrogen-bond acceptors (Lipinski definition) is 2. The predicted octanol–water partition coefficient (Wildman–Crippen LogP) is 3.97. The highest BCUT2D eigenvalue weighted by Crippen LogP contribution is 2.22. The van der Waals surface area contributed by atoms with E-state index in [0.717, 1.165) is 10.0 Å². The van der Waals surface area contributed by atoms with Crippen molar-refractivity contribution in [3.63, 3.8) is 0 Å². The number of amides is 1. The largest absolute Gasteiger partial charge is 0.345 e. The lowest BCUT2D eigenvalue weighted by atomic mass is 9.96. The van der Waals surface area contributed by atoms with Gasteiger partial charge in [-0.05, 0) is 33.5 Å². The minimum atomic E-state index is -0.110. The summed E-state index contributed by atoms with van der Waals surface area (Å²) in [6.07, 6.45) is 3.23. The summed E-state index contributed by atoms with van der Waals surface area (Å²) in [5.41, 5.74) is 1.67. The second kappa shape index (κ2) is 6.66. The molecule has 4 heteroatoms. The summed E-state index contributed by atoms with van der Waals surface area (Å²) < 4.78 is 0.797. The standard InChI is InChI=1S/C16H17BrN2O/c1-11(2)15(12-6-4-3-5-7-12)19-16(20)13-8-14(17)10-18-9-13/h3-11,15H,1-2H3,(H,19,20). The second-order valence-electron chi connectivity index (χ2n) is 5.00. The third kappa shape index (κ3) is 3.67. The summed E-state index contributed by atoms with van der Waals surface area (Å²) in [6, 6.07) is 11.8. The molecule has 1 heterocycles. The molecular formula is C16H17BrN2O. The molecule has 2 aromatic rings. The molecule has 20 heavy (non-hydrogen) atoms. The average Bonchev–Trinajstić information content (AvgIpc) is 2.45. The van der Waals surface area contributed by atoms with E-state index in [-0.39, 0.29) is 11.9 Å². The number of carbonyl (C=O) groups is 1. The van der Waals surface area contributed by atoms with Crippen LogP contribution in [-0.4, -0.2) is 10.9 Å². The van der Waals surface area contributed by atoms with Crippen LogP contribution in [0.1, 0.15) is 35.8 Å². The Morgan fingerprint density at radius 2 is 1.90 bits per heavy atom. The molecule has 0 spiro atoms. The number of rotatable bonds is 4. The van der Waals surface area contributed by atoms with Crippen molar-refractivity contribution in [3.05, 3.63) is 64.4 Å². The lowest BCUT2D eigenvalue weighted by molar-refractivity contribution is 0.0925. The molecule has 0 bridgehead atoms. The Hall–Kier alpha value is -1.68. The van der Waals surface area contributed by atoms with Crippen molar-refractivity contribution < 1.29 is 4.79 Å². The van der Waals surface area contributed by atoms with Gasteiger partial charge in [-0.15, -0.1) is 0 Å². The molecule has 0 radical (unpaired) electrons. The fourth-order valence-electron chi connectivity index (χ4n) is 2.06. The number of aromatic nitrogens is 1. The number of hydrogen-bond donors (Lipinski definition) is 1. The van der Waals surface area contributed by atoms with Gasteiger partial charge in [-0.1, -0.05) is 44.2 Å². The zero-order valence-electron chi connectivity index (χ0n) is 11.5. The van der Waals surface area contributed by atoms with Gasteiger partial charge in [0.1, 0.15) is 0 Å². The zero-order valence-corrected chi connectivity index (χ0v) is 13.1. The molecule has 1 N–H and O–H groups in total. The Balaban J connectivity index is 2.19. The molecule has 1 unspecified atom stereocenters. The molecule has 1 aromatic carbocycles. The Morgan fingerprint density at radius 1 is 1.20 bits per heavy atom. The van der Waals surface area contributed by atoms with Crippen LogP contribution < -0.4 is 5.32 Å². The SMILES string of the molecule is CC(C)C(NC(=O)c1cncc(Br)c1)c1ccccc1. The molecule has 3 nitrogen and oxygen atoms in total. The lowest BCUT2D eigenvalue weighted by Gasteiger charge is -2.23. The molecule has 0 aliphatic rings. The summed E-state index contributed by atoms with van der Waals surface area (Å²) in [7, 11) is 0. The Kier molecular flexibility index (Phi) is 4.90. The van der Waals surface area contributed by atoms with Gasteiger partial charge in [0.05, 0.1) is 11.6 Å². The van der Waals surface area contributed by atoms with Gasteiger partial charge in [-0.25, -0.2) is 0 Å². The van der Waals surface area contributed by atoms with Crippen LogP contribution in [0.3, 0.4) is 0 Å². The van der Waals surface area contributed by atoms with E-state index < -0.39 is 0 Å². The second-order valence-corrected chi connectivity index (χ2v) is 5.91. The van der Waals surface area contributed by atoms with E-state index in [9.17, 15) is 4.79 Å². The highest BCUT2D eigenvalue weighted by molar-refractivity contribution is 9.10. The van der Waals surface area contributed by atoms with Crippen LogP contribution in [0, 0.1) is 5.92 Å². The third-order valence-corrected chi connectivity index (χ3v) is 3.51. The first-order valence-electron chi connectivity index (χ1n) is 6.54. The van der Waals surface area contributed by atoms with E-state index in [4.69, 9.17) is 0 Å². The highest BCUT2D eigenvalue weighted by atomic mass is 79.9. The van der Waals surface area contributed by atoms with Gasteiger partial charge in [0, 0.05) is 16.9 Å². The van der Waals surface area contributed by atoms with Gasteiger partial charge in [0.25, 0.3) is 5.91 Å². The summed E-state index contributed by atoms with van der Waals surface area (Å²) in [5.74, 6) is 0.197. The van der Waals surface area contributed by atoms with Crippen LogP contribution in [0.15, 0.2) is 53.3 Å². The van der Waals surface area contributed by atoms with Gasteiger partial charge in [0.15, 0.2) is 0 Å². The van der Waals surface area contributed by atoms with Crippen LogP contribution >= 0.6 is 15.9 Å². The Bertz CT molecular complexity index is 584. The average molecular weight is 333 g/mol. The van der Waals surface area contributed by atoms with Gasteiger partial charge in [0.2, 0.25) is 0 Å². The maximum atomic E-state index is 12.3. The van der Waals surface area contributed by atoms with E-state index in [1.165, 1.54) is 0 Å². The van der Waals surface area contributed by atoms with Gasteiger partial charge in [-0.3, -0.25) is 9.78 Å². The van der Waals surface area contributed by atoms with Crippen molar-refractivity contribution >= 4 is 21.8 Å². The van der Waals surface area contributed by atoms with E-state index >= 15 is 0 Å². The molecule has 0 saturated carbocycles. The zero-order chi connectivity index (χ0) is 14.5. The quantitative estimate of drug-likeness (QED) is 0.920. The number of halogens is 1. The van der Waals surface area contributed by atoms with E-state index in [0.29, 0.717) is 11.5 Å². The van der Waals surface area contributed by atoms with Gasteiger partial charge in [-0.2, -0.15) is 0 Å². The van der Waals surface area contributed by atoms with Crippen LogP contribution in [0.25, 0.3) is 0 Å². The smallest absolute Gasteiger partial charge is 0.253 e. The molecule has 104 valence electrons. The fourth-order valence-corrected chi connectivity index (χ4v) is 2.42. The minimum Gasteiger partial charge on any atom is -0.345 e. The summed E-state index contributed by atoms with van der Waals surface area (Å²) in [4.78, 5) is 16.3. The molecule has 1 atom stereocenters. The molecular weight excluding hydrogens is 316 g/mol. The van der Waals surface area contributed by atoms with Crippen molar-refractivity contribution in [3.8, 4) is 0 Å². The topological polar surface area (TPSA) is 42.0 Å². The number of benzene rings is 1. The van der Waals surface area contributed by atoms with Crippen molar-refractivity contribution in [2.75, 3.05) is 0 Å². The Morgan fingerprint density at radius 3 is 2.50 bits per heavy atom. The van der Waals surface area contributed by atoms with E-state index in [1.807, 2.05) is 30.3 Å². The normalized spacial score (nSPS) is 12.2. The first kappa shape index (κ1) is 14.7. The predicted molar refractivity (Wildman–Crippen MR) is 83.4 cm³/mol. The fraction of sp³-hybridized carbons (Fsp3) is 0.250. The first-order chi connectivity index (χ1) is 9.58. The summed E-state index contributed by atoms with van der Waals surface area (Å²) in [5, 5.41) is 3.08. The lowest BCUT2D eigenvalue weighted by Crippen LogP contribution is -2.31. The van der Waals surface area contributed by atoms with Crippen molar-refractivity contribution in [1.29, 1.82) is 0 Å². The molecule has 0 aliphatic carbocycles. The maximum absolute atomic E-state index is 12.3. The first-order valence-corrected chi connectivity index (χ1v) is 7.33. The van der Waals surface area contributed by atoms with Crippen molar-refractivity contribution in [2.24, 2.45) is 5.92 Å². The number of pyridine rings is 1. The van der Waals surface area contributed by atoms with Crippen LogP contribution in [-0.2, 0) is 0 Å². The number of nitrogens with one attached hydrogen (secondary N) is 1. The molecule has 0 aliphatic heterocycles. The highest BCUT2D eigenvalue weighted by Gasteiger charge is 2.19. The van der Waals surface area contributed by atoms with Crippen LogP contribution in [0.5, 0.6) is 0 Å². The molecule has 0 saturated heterocycles. The minimum absolute atomic E-state index is 0.0114. The maximum Gasteiger partial charge on any atom is 0.253 e. The molecule has 2 rings (SSSR count). The van der Waals surface area contributed by atoms with E-state index in [2.05, 4.69) is 40.1 Å². The number of carbonyl (C=O) groups excluding carboxylic acids is 1. The summed E-state index contributed by atoms with van der Waals surface area (Å²) in [6.45, 7) is 4.19. The van der Waals surface area contributed by atoms with Gasteiger partial charge < -0.3 is 5.32 Å². The van der Waals surface area contributed by atoms with Crippen molar-refractivity contribution in [1.82, 2.24) is 10.3 Å². The number of nitrogens with zero attached hydrogens (tertiary/aromatic N) is 1. The monoisotopic (exact) mass is 332 g/mol. The van der Waals surface area contributed by atoms with E-state index in [1.54, 1.807) is 18.5 Å². The van der Waals surface area contributed by atoms with Crippen LogP contribution in [0.4, 0.5) is 0 Å². The molecule has 1 amide bonds.